The highest BCUT2D eigenvalue weighted by molar-refractivity contribution is 6.00. The standard InChI is InChI=1S/C22H22N2O6/c1-3-28-12-17-16-6-4-5-7-18(16)30-19(17)22(27)29-13(2)21(26)24-15-10-8-14(9-11-15)20(23)25/h4-11,13H,3,12H2,1-2H3,(H2,23,25)(H,24,26)/t13-/m0/s1. The molecule has 1 heterocycles. The number of rotatable bonds is 8. The average Bonchev–Trinajstić information content (AvgIpc) is 3.11. The first-order valence-corrected chi connectivity index (χ1v) is 9.40. The third-order valence-corrected chi connectivity index (χ3v) is 4.42. The lowest BCUT2D eigenvalue weighted by Crippen LogP contribution is -2.30. The molecular weight excluding hydrogens is 388 g/mol. The minimum absolute atomic E-state index is 0.00936. The van der Waals surface area contributed by atoms with E-state index in [-0.39, 0.29) is 12.4 Å². The van der Waals surface area contributed by atoms with Crippen molar-refractivity contribution >= 4 is 34.4 Å². The first-order chi connectivity index (χ1) is 14.4. The molecule has 0 saturated heterocycles. The number of fused-ring (bicyclic) bond motifs is 1. The molecule has 1 atom stereocenters. The number of primary amides is 1. The number of nitrogens with two attached hydrogens (primary N) is 1. The summed E-state index contributed by atoms with van der Waals surface area (Å²) < 4.78 is 16.4. The number of hydrogen-bond acceptors (Lipinski definition) is 6. The van der Waals surface area contributed by atoms with Gasteiger partial charge in [0.2, 0.25) is 11.7 Å². The molecule has 8 heteroatoms. The lowest BCUT2D eigenvalue weighted by molar-refractivity contribution is -0.123. The SMILES string of the molecule is CCOCc1c(C(=O)O[C@@H](C)C(=O)Nc2ccc(C(N)=O)cc2)oc2ccccc12. The highest BCUT2D eigenvalue weighted by Gasteiger charge is 2.26. The van der Waals surface area contributed by atoms with Crippen LogP contribution in [0.3, 0.4) is 0 Å². The van der Waals surface area contributed by atoms with Crippen molar-refractivity contribution in [3.05, 3.63) is 65.4 Å². The van der Waals surface area contributed by atoms with E-state index in [0.29, 0.717) is 29.0 Å². The predicted molar refractivity (Wildman–Crippen MR) is 110 cm³/mol. The van der Waals surface area contributed by atoms with Crippen LogP contribution >= 0.6 is 0 Å². The van der Waals surface area contributed by atoms with Gasteiger partial charge in [-0.25, -0.2) is 4.79 Å². The van der Waals surface area contributed by atoms with E-state index in [1.165, 1.54) is 31.2 Å². The van der Waals surface area contributed by atoms with E-state index in [1.807, 2.05) is 19.1 Å². The van der Waals surface area contributed by atoms with Crippen molar-refractivity contribution < 1.29 is 28.3 Å². The molecule has 8 nitrogen and oxygen atoms in total. The molecule has 3 N–H and O–H groups in total. The highest BCUT2D eigenvalue weighted by Crippen LogP contribution is 2.27. The third-order valence-electron chi connectivity index (χ3n) is 4.42. The largest absolute Gasteiger partial charge is 0.449 e. The lowest BCUT2D eigenvalue weighted by Gasteiger charge is -2.13. The first-order valence-electron chi connectivity index (χ1n) is 9.40. The number of benzene rings is 2. The number of hydrogen-bond donors (Lipinski definition) is 2. The van der Waals surface area contributed by atoms with E-state index in [9.17, 15) is 14.4 Å². The van der Waals surface area contributed by atoms with Gasteiger partial charge in [0.1, 0.15) is 5.58 Å². The molecule has 0 aliphatic rings. The van der Waals surface area contributed by atoms with Crippen molar-refractivity contribution in [1.29, 1.82) is 0 Å². The summed E-state index contributed by atoms with van der Waals surface area (Å²) in [6.07, 6.45) is -1.08. The number of carbonyl (C=O) groups excluding carboxylic acids is 3. The van der Waals surface area contributed by atoms with Crippen LogP contribution in [0.2, 0.25) is 0 Å². The molecule has 30 heavy (non-hydrogen) atoms. The maximum atomic E-state index is 12.7. The Morgan fingerprint density at radius 2 is 1.80 bits per heavy atom. The molecule has 2 amide bonds. The van der Waals surface area contributed by atoms with Gasteiger partial charge in [0.25, 0.3) is 5.91 Å². The topological polar surface area (TPSA) is 121 Å². The van der Waals surface area contributed by atoms with Crippen LogP contribution in [0, 0.1) is 0 Å². The minimum atomic E-state index is -1.08. The number of esters is 1. The molecule has 1 aromatic heterocycles. The van der Waals surface area contributed by atoms with Crippen molar-refractivity contribution in [3.63, 3.8) is 0 Å². The van der Waals surface area contributed by atoms with Gasteiger partial charge in [-0.15, -0.1) is 0 Å². The van der Waals surface area contributed by atoms with E-state index >= 15 is 0 Å². The van der Waals surface area contributed by atoms with Crippen molar-refractivity contribution in [2.24, 2.45) is 5.73 Å². The van der Waals surface area contributed by atoms with Crippen LogP contribution < -0.4 is 11.1 Å². The molecule has 3 aromatic rings. The van der Waals surface area contributed by atoms with Crippen molar-refractivity contribution in [3.8, 4) is 0 Å². The zero-order valence-corrected chi connectivity index (χ0v) is 16.6. The fourth-order valence-corrected chi connectivity index (χ4v) is 2.84. The van der Waals surface area contributed by atoms with Crippen molar-refractivity contribution in [2.75, 3.05) is 11.9 Å². The Hall–Kier alpha value is -3.65. The number of furan rings is 1. The zero-order chi connectivity index (χ0) is 21.7. The molecule has 0 fully saturated rings. The van der Waals surface area contributed by atoms with Gasteiger partial charge < -0.3 is 24.9 Å². The molecular formula is C22H22N2O6. The third kappa shape index (κ3) is 4.66. The summed E-state index contributed by atoms with van der Waals surface area (Å²) in [5, 5.41) is 3.37. The van der Waals surface area contributed by atoms with Gasteiger partial charge in [-0.1, -0.05) is 18.2 Å². The van der Waals surface area contributed by atoms with E-state index in [2.05, 4.69) is 5.32 Å². The Bertz CT molecular complexity index is 1070. The van der Waals surface area contributed by atoms with Gasteiger partial charge in [-0.05, 0) is 44.2 Å². The fraction of sp³-hybridized carbons (Fsp3) is 0.227. The summed E-state index contributed by atoms with van der Waals surface area (Å²) in [5.41, 5.74) is 7.06. The van der Waals surface area contributed by atoms with Crippen molar-refractivity contribution in [1.82, 2.24) is 0 Å². The van der Waals surface area contributed by atoms with Crippen LogP contribution in [0.1, 0.15) is 40.3 Å². The minimum Gasteiger partial charge on any atom is -0.449 e. The average molecular weight is 410 g/mol. The van der Waals surface area contributed by atoms with E-state index in [4.69, 9.17) is 19.6 Å². The molecule has 0 aliphatic heterocycles. The normalized spacial score (nSPS) is 11.8. The van der Waals surface area contributed by atoms with Crippen LogP contribution in [-0.4, -0.2) is 30.5 Å². The molecule has 156 valence electrons. The Kier molecular flexibility index (Phi) is 6.48. The van der Waals surface area contributed by atoms with Gasteiger partial charge in [0.05, 0.1) is 6.61 Å². The molecule has 2 aromatic carbocycles. The van der Waals surface area contributed by atoms with Crippen LogP contribution in [0.25, 0.3) is 11.0 Å². The van der Waals surface area contributed by atoms with Crippen molar-refractivity contribution in [2.45, 2.75) is 26.6 Å². The fourth-order valence-electron chi connectivity index (χ4n) is 2.84. The highest BCUT2D eigenvalue weighted by atomic mass is 16.6. The zero-order valence-electron chi connectivity index (χ0n) is 16.6. The number of ether oxygens (including phenoxy) is 2. The van der Waals surface area contributed by atoms with Gasteiger partial charge in [-0.2, -0.15) is 0 Å². The number of anilines is 1. The van der Waals surface area contributed by atoms with E-state index < -0.39 is 23.9 Å². The summed E-state index contributed by atoms with van der Waals surface area (Å²) in [6.45, 7) is 3.96. The van der Waals surface area contributed by atoms with Crippen LogP contribution in [0.4, 0.5) is 5.69 Å². The van der Waals surface area contributed by atoms with Crippen LogP contribution in [0.5, 0.6) is 0 Å². The number of amides is 2. The number of carbonyl (C=O) groups is 3. The van der Waals surface area contributed by atoms with Gasteiger partial charge in [-0.3, -0.25) is 9.59 Å². The summed E-state index contributed by atoms with van der Waals surface area (Å²) in [6, 6.07) is 13.3. The summed E-state index contributed by atoms with van der Waals surface area (Å²) >= 11 is 0. The second kappa shape index (κ2) is 9.23. The molecule has 0 saturated carbocycles. The molecule has 0 spiro atoms. The first kappa shape index (κ1) is 21.1. The Labute approximate surface area is 172 Å². The van der Waals surface area contributed by atoms with E-state index in [1.54, 1.807) is 12.1 Å². The molecule has 0 unspecified atom stereocenters. The maximum Gasteiger partial charge on any atom is 0.375 e. The second-order valence-corrected chi connectivity index (χ2v) is 6.52. The summed E-state index contributed by atoms with van der Waals surface area (Å²) in [4.78, 5) is 36.2. The maximum absolute atomic E-state index is 12.7. The second-order valence-electron chi connectivity index (χ2n) is 6.52. The molecule has 3 rings (SSSR count). The van der Waals surface area contributed by atoms with Gasteiger partial charge in [0.15, 0.2) is 6.10 Å². The van der Waals surface area contributed by atoms with Crippen LogP contribution in [0.15, 0.2) is 52.9 Å². The number of nitrogens with one attached hydrogen (secondary N) is 1. The Morgan fingerprint density at radius 1 is 1.10 bits per heavy atom. The Balaban J connectivity index is 1.71. The van der Waals surface area contributed by atoms with Crippen LogP contribution in [-0.2, 0) is 20.9 Å². The molecule has 0 radical (unpaired) electrons. The summed E-state index contributed by atoms with van der Waals surface area (Å²) in [5.74, 6) is -1.84. The lowest BCUT2D eigenvalue weighted by atomic mass is 10.1. The Morgan fingerprint density at radius 3 is 2.47 bits per heavy atom. The molecule has 0 aliphatic carbocycles. The summed E-state index contributed by atoms with van der Waals surface area (Å²) in [7, 11) is 0. The van der Waals surface area contributed by atoms with Gasteiger partial charge in [0, 0.05) is 28.8 Å². The quantitative estimate of drug-likeness (QED) is 0.550. The van der Waals surface area contributed by atoms with E-state index in [0.717, 1.165) is 5.39 Å². The number of para-hydroxylation sites is 1. The molecule has 0 bridgehead atoms. The predicted octanol–water partition coefficient (Wildman–Crippen LogP) is 3.25. The van der Waals surface area contributed by atoms with Gasteiger partial charge >= 0.3 is 5.97 Å². The smallest absolute Gasteiger partial charge is 0.375 e. The monoisotopic (exact) mass is 410 g/mol.